The zero-order chi connectivity index (χ0) is 15.4. The first-order valence-electron chi connectivity index (χ1n) is 6.81. The first-order chi connectivity index (χ1) is 9.95. The average Bonchev–Trinajstić information content (AvgIpc) is 2.40. The molecule has 5 nitrogen and oxygen atoms in total. The van der Waals surface area contributed by atoms with Crippen molar-refractivity contribution in [1.82, 2.24) is 9.97 Å². The molecule has 0 saturated carbocycles. The number of aryl methyl sites for hydroxylation is 2. The molecule has 1 heterocycles. The molecule has 110 valence electrons. The quantitative estimate of drug-likeness (QED) is 0.880. The number of H-pyrrole nitrogens is 1. The molecule has 0 unspecified atom stereocenters. The van der Waals surface area contributed by atoms with Crippen LogP contribution in [0.3, 0.4) is 0 Å². The molecule has 0 spiro atoms. The summed E-state index contributed by atoms with van der Waals surface area (Å²) in [5.41, 5.74) is 3.06. The van der Waals surface area contributed by atoms with Gasteiger partial charge in [-0.05, 0) is 25.8 Å². The van der Waals surface area contributed by atoms with Gasteiger partial charge in [0.15, 0.2) is 0 Å². The minimum atomic E-state index is -0.919. The summed E-state index contributed by atoms with van der Waals surface area (Å²) in [4.78, 5) is 29.8. The van der Waals surface area contributed by atoms with Gasteiger partial charge in [-0.1, -0.05) is 29.8 Å². The molecule has 0 aliphatic heterocycles. The third kappa shape index (κ3) is 4.02. The van der Waals surface area contributed by atoms with Crippen LogP contribution in [0.25, 0.3) is 0 Å². The van der Waals surface area contributed by atoms with Crippen LogP contribution in [0.15, 0.2) is 29.1 Å². The molecule has 21 heavy (non-hydrogen) atoms. The standard InChI is InChI=1S/C16H18N2O3/c1-10-3-5-12(6-4-10)9-14-17-11(2)13(16(21)18-14)7-8-15(19)20/h3-6H,7-9H2,1-2H3,(H,19,20)(H,17,18,21). The van der Waals surface area contributed by atoms with E-state index in [4.69, 9.17) is 5.11 Å². The van der Waals surface area contributed by atoms with Crippen LogP contribution in [0, 0.1) is 13.8 Å². The Labute approximate surface area is 122 Å². The van der Waals surface area contributed by atoms with E-state index in [0.29, 0.717) is 23.5 Å². The van der Waals surface area contributed by atoms with Crippen LogP contribution in [0.2, 0.25) is 0 Å². The van der Waals surface area contributed by atoms with Gasteiger partial charge in [0.25, 0.3) is 5.56 Å². The number of carboxylic acid groups (broad SMARTS) is 1. The number of carbonyl (C=O) groups is 1. The molecule has 1 aromatic carbocycles. The molecule has 5 heteroatoms. The van der Waals surface area contributed by atoms with Crippen molar-refractivity contribution in [3.63, 3.8) is 0 Å². The molecule has 0 radical (unpaired) electrons. The second-order valence-electron chi connectivity index (χ2n) is 5.13. The molecule has 0 saturated heterocycles. The zero-order valence-corrected chi connectivity index (χ0v) is 12.1. The Morgan fingerprint density at radius 3 is 2.48 bits per heavy atom. The van der Waals surface area contributed by atoms with Gasteiger partial charge in [-0.3, -0.25) is 9.59 Å². The largest absolute Gasteiger partial charge is 0.481 e. The van der Waals surface area contributed by atoms with Crippen molar-refractivity contribution in [3.05, 3.63) is 62.8 Å². The van der Waals surface area contributed by atoms with Crippen molar-refractivity contribution in [2.75, 3.05) is 0 Å². The highest BCUT2D eigenvalue weighted by molar-refractivity contribution is 5.67. The molecular weight excluding hydrogens is 268 g/mol. The van der Waals surface area contributed by atoms with Gasteiger partial charge in [0, 0.05) is 24.1 Å². The molecule has 0 aliphatic carbocycles. The summed E-state index contributed by atoms with van der Waals surface area (Å²) in [6, 6.07) is 8.04. The van der Waals surface area contributed by atoms with Crippen LogP contribution in [-0.2, 0) is 17.6 Å². The number of aliphatic carboxylic acids is 1. The number of hydrogen-bond acceptors (Lipinski definition) is 3. The highest BCUT2D eigenvalue weighted by Crippen LogP contribution is 2.09. The third-order valence-corrected chi connectivity index (χ3v) is 3.35. The number of rotatable bonds is 5. The van der Waals surface area contributed by atoms with Crippen LogP contribution < -0.4 is 5.56 Å². The van der Waals surface area contributed by atoms with E-state index < -0.39 is 5.97 Å². The smallest absolute Gasteiger partial charge is 0.303 e. The van der Waals surface area contributed by atoms with E-state index in [1.165, 1.54) is 5.56 Å². The zero-order valence-electron chi connectivity index (χ0n) is 12.1. The van der Waals surface area contributed by atoms with E-state index in [-0.39, 0.29) is 18.4 Å². The molecule has 2 N–H and O–H groups in total. The maximum Gasteiger partial charge on any atom is 0.303 e. The Kier molecular flexibility index (Phi) is 4.52. The molecule has 2 aromatic rings. The first-order valence-corrected chi connectivity index (χ1v) is 6.81. The monoisotopic (exact) mass is 286 g/mol. The van der Waals surface area contributed by atoms with E-state index in [1.54, 1.807) is 6.92 Å². The summed E-state index contributed by atoms with van der Waals surface area (Å²) in [6.45, 7) is 3.76. The van der Waals surface area contributed by atoms with E-state index >= 15 is 0 Å². The lowest BCUT2D eigenvalue weighted by molar-refractivity contribution is -0.136. The topological polar surface area (TPSA) is 83.0 Å². The van der Waals surface area contributed by atoms with Gasteiger partial charge in [0.2, 0.25) is 0 Å². The van der Waals surface area contributed by atoms with E-state index in [2.05, 4.69) is 9.97 Å². The fraction of sp³-hybridized carbons (Fsp3) is 0.312. The second kappa shape index (κ2) is 6.35. The number of aromatic amines is 1. The minimum absolute atomic E-state index is 0.0666. The van der Waals surface area contributed by atoms with E-state index in [0.717, 1.165) is 5.56 Å². The third-order valence-electron chi connectivity index (χ3n) is 3.35. The lowest BCUT2D eigenvalue weighted by atomic mass is 10.1. The van der Waals surface area contributed by atoms with Gasteiger partial charge >= 0.3 is 5.97 Å². The maximum atomic E-state index is 12.0. The molecular formula is C16H18N2O3. The summed E-state index contributed by atoms with van der Waals surface area (Å²) >= 11 is 0. The fourth-order valence-electron chi connectivity index (χ4n) is 2.18. The number of benzene rings is 1. The van der Waals surface area contributed by atoms with Crippen LogP contribution >= 0.6 is 0 Å². The Bertz CT molecular complexity index is 702. The highest BCUT2D eigenvalue weighted by atomic mass is 16.4. The Morgan fingerprint density at radius 2 is 1.90 bits per heavy atom. The lowest BCUT2D eigenvalue weighted by Gasteiger charge is -2.07. The predicted molar refractivity (Wildman–Crippen MR) is 79.5 cm³/mol. The summed E-state index contributed by atoms with van der Waals surface area (Å²) < 4.78 is 0. The van der Waals surface area contributed by atoms with Crippen molar-refractivity contribution in [2.45, 2.75) is 33.1 Å². The molecule has 2 rings (SSSR count). The Morgan fingerprint density at radius 1 is 1.24 bits per heavy atom. The summed E-state index contributed by atoms with van der Waals surface area (Å²) in [5.74, 6) is -0.321. The minimum Gasteiger partial charge on any atom is -0.481 e. The van der Waals surface area contributed by atoms with Crippen molar-refractivity contribution in [2.24, 2.45) is 0 Å². The van der Waals surface area contributed by atoms with Crippen LogP contribution in [-0.4, -0.2) is 21.0 Å². The van der Waals surface area contributed by atoms with Crippen LogP contribution in [0.4, 0.5) is 0 Å². The van der Waals surface area contributed by atoms with Crippen LogP contribution in [0.5, 0.6) is 0 Å². The van der Waals surface area contributed by atoms with E-state index in [1.807, 2.05) is 31.2 Å². The second-order valence-corrected chi connectivity index (χ2v) is 5.13. The number of aromatic nitrogens is 2. The Balaban J connectivity index is 2.21. The molecule has 0 amide bonds. The van der Waals surface area contributed by atoms with Gasteiger partial charge in [0.05, 0.1) is 0 Å². The molecule has 0 aliphatic rings. The normalized spacial score (nSPS) is 10.6. The average molecular weight is 286 g/mol. The summed E-state index contributed by atoms with van der Waals surface area (Å²) in [5, 5.41) is 8.70. The molecule has 0 atom stereocenters. The van der Waals surface area contributed by atoms with Gasteiger partial charge in [-0.25, -0.2) is 4.98 Å². The van der Waals surface area contributed by atoms with Crippen molar-refractivity contribution < 1.29 is 9.90 Å². The number of hydrogen-bond donors (Lipinski definition) is 2. The fourth-order valence-corrected chi connectivity index (χ4v) is 2.18. The van der Waals surface area contributed by atoms with Crippen LogP contribution in [0.1, 0.15) is 34.6 Å². The first kappa shape index (κ1) is 15.0. The summed E-state index contributed by atoms with van der Waals surface area (Å²) in [6.07, 6.45) is 0.687. The maximum absolute atomic E-state index is 12.0. The molecule has 1 aromatic heterocycles. The predicted octanol–water partition coefficient (Wildman–Crippen LogP) is 1.99. The SMILES string of the molecule is Cc1ccc(Cc2nc(C)c(CCC(=O)O)c(=O)[nH]2)cc1. The highest BCUT2D eigenvalue weighted by Gasteiger charge is 2.10. The summed E-state index contributed by atoms with van der Waals surface area (Å²) in [7, 11) is 0. The van der Waals surface area contributed by atoms with Crippen molar-refractivity contribution in [3.8, 4) is 0 Å². The number of nitrogens with zero attached hydrogens (tertiary/aromatic N) is 1. The van der Waals surface area contributed by atoms with E-state index in [9.17, 15) is 9.59 Å². The van der Waals surface area contributed by atoms with Gasteiger partial charge < -0.3 is 10.1 Å². The molecule has 0 bridgehead atoms. The van der Waals surface area contributed by atoms with Crippen molar-refractivity contribution >= 4 is 5.97 Å². The number of nitrogens with one attached hydrogen (secondary N) is 1. The van der Waals surface area contributed by atoms with Gasteiger partial charge in [-0.15, -0.1) is 0 Å². The molecule has 0 fully saturated rings. The van der Waals surface area contributed by atoms with Crippen molar-refractivity contribution in [1.29, 1.82) is 0 Å². The van der Waals surface area contributed by atoms with Gasteiger partial charge in [0.1, 0.15) is 5.82 Å². The Hall–Kier alpha value is -2.43. The number of carboxylic acids is 1. The van der Waals surface area contributed by atoms with Gasteiger partial charge in [-0.2, -0.15) is 0 Å². The lowest BCUT2D eigenvalue weighted by Crippen LogP contribution is -2.20.